The first-order valence-corrected chi connectivity index (χ1v) is 4.52. The molecule has 3 nitrogen and oxygen atoms in total. The van der Waals surface area contributed by atoms with Crippen LogP contribution in [-0.4, -0.2) is 13.1 Å². The van der Waals surface area contributed by atoms with Crippen molar-refractivity contribution in [1.82, 2.24) is 0 Å². The van der Waals surface area contributed by atoms with Crippen molar-refractivity contribution in [2.75, 3.05) is 6.61 Å². The van der Waals surface area contributed by atoms with Gasteiger partial charge in [-0.3, -0.25) is 4.79 Å². The lowest BCUT2D eigenvalue weighted by Crippen LogP contribution is -1.95. The molecule has 0 bridgehead atoms. The van der Waals surface area contributed by atoms with E-state index in [0.717, 1.165) is 10.9 Å². The summed E-state index contributed by atoms with van der Waals surface area (Å²) in [4.78, 5) is 9.95. The molecule has 2 rings (SSSR count). The van der Waals surface area contributed by atoms with Gasteiger partial charge in [0.2, 0.25) is 0 Å². The van der Waals surface area contributed by atoms with Gasteiger partial charge in [-0.1, -0.05) is 0 Å². The first kappa shape index (κ1) is 9.71. The Bertz CT molecular complexity index is 476. The first-order chi connectivity index (χ1) is 7.31. The number of rotatable bonds is 4. The summed E-state index contributed by atoms with van der Waals surface area (Å²) in [6.45, 7) is 0.664. The summed E-state index contributed by atoms with van der Waals surface area (Å²) in [5.41, 5.74) is 1.48. The van der Waals surface area contributed by atoms with Gasteiger partial charge >= 0.3 is 0 Å². The highest BCUT2D eigenvalue weighted by Crippen LogP contribution is 2.22. The number of furan rings is 1. The van der Waals surface area contributed by atoms with Crippen LogP contribution in [0.4, 0.5) is 4.39 Å². The lowest BCUT2D eigenvalue weighted by atomic mass is 10.1. The van der Waals surface area contributed by atoms with E-state index in [2.05, 4.69) is 4.74 Å². The molecule has 0 fully saturated rings. The van der Waals surface area contributed by atoms with Crippen molar-refractivity contribution < 1.29 is 18.3 Å². The highest BCUT2D eigenvalue weighted by atomic mass is 19.1. The molecule has 0 saturated carbocycles. The van der Waals surface area contributed by atoms with Crippen LogP contribution >= 0.6 is 0 Å². The number of halogens is 1. The SMILES string of the molecule is O=COCCc1coc2ccc(F)cc12. The Balaban J connectivity index is 2.27. The zero-order valence-electron chi connectivity index (χ0n) is 7.90. The number of benzene rings is 1. The molecule has 0 aliphatic carbocycles. The molecule has 0 N–H and O–H groups in total. The Labute approximate surface area is 85.4 Å². The van der Waals surface area contributed by atoms with Crippen LogP contribution in [0.25, 0.3) is 11.0 Å². The molecule has 2 aromatic rings. The van der Waals surface area contributed by atoms with Gasteiger partial charge in [-0.05, 0) is 18.2 Å². The molecule has 1 heterocycles. The molecule has 0 radical (unpaired) electrons. The van der Waals surface area contributed by atoms with Crippen LogP contribution in [0.3, 0.4) is 0 Å². The molecule has 0 saturated heterocycles. The summed E-state index contributed by atoms with van der Waals surface area (Å²) < 4.78 is 22.7. The maximum atomic E-state index is 13.0. The van der Waals surface area contributed by atoms with Gasteiger partial charge < -0.3 is 9.15 Å². The average molecular weight is 208 g/mol. The Morgan fingerprint density at radius 3 is 3.13 bits per heavy atom. The molecule has 78 valence electrons. The van der Waals surface area contributed by atoms with Crippen molar-refractivity contribution in [3.05, 3.63) is 35.8 Å². The number of hydrogen-bond donors (Lipinski definition) is 0. The van der Waals surface area contributed by atoms with Crippen molar-refractivity contribution in [3.8, 4) is 0 Å². The summed E-state index contributed by atoms with van der Waals surface area (Å²) in [5.74, 6) is -0.304. The van der Waals surface area contributed by atoms with Crippen LogP contribution in [0.15, 0.2) is 28.9 Å². The van der Waals surface area contributed by atoms with Crippen molar-refractivity contribution in [2.24, 2.45) is 0 Å². The third-order valence-corrected chi connectivity index (χ3v) is 2.17. The van der Waals surface area contributed by atoms with Crippen molar-refractivity contribution >= 4 is 17.4 Å². The second-order valence-electron chi connectivity index (χ2n) is 3.12. The van der Waals surface area contributed by atoms with E-state index < -0.39 is 0 Å². The van der Waals surface area contributed by atoms with Gasteiger partial charge in [0.25, 0.3) is 6.47 Å². The van der Waals surface area contributed by atoms with Crippen LogP contribution in [-0.2, 0) is 16.0 Å². The highest BCUT2D eigenvalue weighted by Gasteiger charge is 2.06. The zero-order chi connectivity index (χ0) is 10.7. The van der Waals surface area contributed by atoms with E-state index in [9.17, 15) is 9.18 Å². The molecule has 0 atom stereocenters. The maximum absolute atomic E-state index is 13.0. The van der Waals surface area contributed by atoms with Gasteiger partial charge in [0, 0.05) is 17.4 Å². The second-order valence-corrected chi connectivity index (χ2v) is 3.12. The molecular weight excluding hydrogens is 199 g/mol. The Kier molecular flexibility index (Phi) is 2.67. The lowest BCUT2D eigenvalue weighted by Gasteiger charge is -1.96. The van der Waals surface area contributed by atoms with E-state index in [1.807, 2.05) is 0 Å². The number of hydrogen-bond acceptors (Lipinski definition) is 3. The van der Waals surface area contributed by atoms with E-state index in [4.69, 9.17) is 4.42 Å². The smallest absolute Gasteiger partial charge is 0.293 e. The van der Waals surface area contributed by atoms with Crippen molar-refractivity contribution in [1.29, 1.82) is 0 Å². The minimum Gasteiger partial charge on any atom is -0.468 e. The van der Waals surface area contributed by atoms with Gasteiger partial charge in [-0.15, -0.1) is 0 Å². The summed E-state index contributed by atoms with van der Waals surface area (Å²) >= 11 is 0. The predicted molar refractivity (Wildman–Crippen MR) is 51.9 cm³/mol. The van der Waals surface area contributed by atoms with Crippen LogP contribution in [0.2, 0.25) is 0 Å². The lowest BCUT2D eigenvalue weighted by molar-refractivity contribution is -0.128. The molecule has 0 aliphatic rings. The Morgan fingerprint density at radius 2 is 2.33 bits per heavy atom. The summed E-state index contributed by atoms with van der Waals surface area (Å²) in [7, 11) is 0. The average Bonchev–Trinajstić information content (AvgIpc) is 2.62. The monoisotopic (exact) mass is 208 g/mol. The molecule has 1 aromatic heterocycles. The molecule has 15 heavy (non-hydrogen) atoms. The molecule has 0 unspecified atom stereocenters. The standard InChI is InChI=1S/C11H9FO3/c12-9-1-2-11-10(5-9)8(6-15-11)3-4-14-7-13/h1-2,5-7H,3-4H2. The van der Waals surface area contributed by atoms with Crippen molar-refractivity contribution in [3.63, 3.8) is 0 Å². The minimum atomic E-state index is -0.304. The summed E-state index contributed by atoms with van der Waals surface area (Å²) in [6.07, 6.45) is 2.08. The van der Waals surface area contributed by atoms with Crippen molar-refractivity contribution in [2.45, 2.75) is 6.42 Å². The second kappa shape index (κ2) is 4.13. The number of ether oxygens (including phenoxy) is 1. The molecule has 1 aromatic carbocycles. The first-order valence-electron chi connectivity index (χ1n) is 4.52. The van der Waals surface area contributed by atoms with Crippen LogP contribution in [0.5, 0.6) is 0 Å². The largest absolute Gasteiger partial charge is 0.468 e. The molecule has 0 spiro atoms. The number of fused-ring (bicyclic) bond motifs is 1. The normalized spacial score (nSPS) is 10.5. The third-order valence-electron chi connectivity index (χ3n) is 2.17. The summed E-state index contributed by atoms with van der Waals surface area (Å²) in [6, 6.07) is 4.33. The van der Waals surface area contributed by atoms with Crippen LogP contribution < -0.4 is 0 Å². The fraction of sp³-hybridized carbons (Fsp3) is 0.182. The topological polar surface area (TPSA) is 39.4 Å². The van der Waals surface area contributed by atoms with E-state index in [1.165, 1.54) is 12.1 Å². The number of carbonyl (C=O) groups is 1. The molecule has 4 heteroatoms. The quantitative estimate of drug-likeness (QED) is 0.571. The zero-order valence-corrected chi connectivity index (χ0v) is 7.90. The predicted octanol–water partition coefficient (Wildman–Crippen LogP) is 2.29. The van der Waals surface area contributed by atoms with Gasteiger partial charge in [-0.25, -0.2) is 4.39 Å². The third kappa shape index (κ3) is 1.98. The molecule has 0 amide bonds. The molecule has 0 aliphatic heterocycles. The van der Waals surface area contributed by atoms with E-state index >= 15 is 0 Å². The van der Waals surface area contributed by atoms with Crippen LogP contribution in [0, 0.1) is 5.82 Å². The van der Waals surface area contributed by atoms with Gasteiger partial charge in [-0.2, -0.15) is 0 Å². The summed E-state index contributed by atoms with van der Waals surface area (Å²) in [5, 5.41) is 0.726. The molecular formula is C11H9FO3. The fourth-order valence-electron chi connectivity index (χ4n) is 1.46. The van der Waals surface area contributed by atoms with E-state index in [-0.39, 0.29) is 12.4 Å². The van der Waals surface area contributed by atoms with Crippen LogP contribution in [0.1, 0.15) is 5.56 Å². The highest BCUT2D eigenvalue weighted by molar-refractivity contribution is 5.81. The van der Waals surface area contributed by atoms with Gasteiger partial charge in [0.05, 0.1) is 12.9 Å². The fourth-order valence-corrected chi connectivity index (χ4v) is 1.46. The number of carbonyl (C=O) groups excluding carboxylic acids is 1. The maximum Gasteiger partial charge on any atom is 0.293 e. The minimum absolute atomic E-state index is 0.272. The van der Waals surface area contributed by atoms with E-state index in [0.29, 0.717) is 18.5 Å². The van der Waals surface area contributed by atoms with E-state index in [1.54, 1.807) is 12.3 Å². The van der Waals surface area contributed by atoms with Gasteiger partial charge in [0.15, 0.2) is 0 Å². The Hall–Kier alpha value is -1.84. The Morgan fingerprint density at radius 1 is 1.47 bits per heavy atom. The van der Waals surface area contributed by atoms with Gasteiger partial charge in [0.1, 0.15) is 11.4 Å².